The lowest BCUT2D eigenvalue weighted by Gasteiger charge is -2.36. The van der Waals surface area contributed by atoms with Crippen LogP contribution in [0.3, 0.4) is 0 Å². The fourth-order valence-electron chi connectivity index (χ4n) is 2.93. The van der Waals surface area contributed by atoms with Crippen LogP contribution in [-0.4, -0.2) is 72.9 Å². The molecule has 0 bridgehead atoms. The van der Waals surface area contributed by atoms with Gasteiger partial charge in [0, 0.05) is 12.6 Å². The van der Waals surface area contributed by atoms with Gasteiger partial charge >= 0.3 is 5.97 Å². The number of hydrogen-bond donors (Lipinski definition) is 1. The molecule has 18 heavy (non-hydrogen) atoms. The second-order valence-corrected chi connectivity index (χ2v) is 5.64. The number of rotatable bonds is 4. The highest BCUT2D eigenvalue weighted by atomic mass is 16.5. The van der Waals surface area contributed by atoms with Crippen LogP contribution in [0.25, 0.3) is 0 Å². The summed E-state index contributed by atoms with van der Waals surface area (Å²) in [5.74, 6) is -0.820. The first-order valence-electron chi connectivity index (χ1n) is 6.83. The van der Waals surface area contributed by atoms with E-state index in [0.717, 1.165) is 26.1 Å². The molecule has 5 nitrogen and oxygen atoms in total. The van der Waals surface area contributed by atoms with Crippen molar-refractivity contribution < 1.29 is 14.6 Å². The molecule has 2 saturated heterocycles. The van der Waals surface area contributed by atoms with Crippen LogP contribution in [0.15, 0.2) is 0 Å². The van der Waals surface area contributed by atoms with Crippen molar-refractivity contribution in [2.75, 3.05) is 33.7 Å². The van der Waals surface area contributed by atoms with Crippen LogP contribution in [0, 0.1) is 0 Å². The number of ether oxygens (including phenoxy) is 1. The fourth-order valence-corrected chi connectivity index (χ4v) is 2.93. The van der Waals surface area contributed by atoms with Crippen LogP contribution in [0.2, 0.25) is 0 Å². The van der Waals surface area contributed by atoms with Gasteiger partial charge < -0.3 is 19.6 Å². The van der Waals surface area contributed by atoms with E-state index in [4.69, 9.17) is 9.84 Å². The molecule has 2 atom stereocenters. The van der Waals surface area contributed by atoms with Gasteiger partial charge in [0.05, 0.1) is 6.10 Å². The molecule has 1 N–H and O–H groups in total. The van der Waals surface area contributed by atoms with Crippen molar-refractivity contribution in [2.45, 2.75) is 43.9 Å². The van der Waals surface area contributed by atoms with Gasteiger partial charge in [0.15, 0.2) is 6.10 Å². The monoisotopic (exact) mass is 256 g/mol. The third-order valence-corrected chi connectivity index (χ3v) is 4.19. The van der Waals surface area contributed by atoms with Crippen molar-refractivity contribution in [1.82, 2.24) is 9.80 Å². The zero-order valence-electron chi connectivity index (χ0n) is 11.3. The first-order chi connectivity index (χ1) is 8.56. The molecule has 0 radical (unpaired) electrons. The summed E-state index contributed by atoms with van der Waals surface area (Å²) in [5.41, 5.74) is 0. The molecule has 0 amide bonds. The summed E-state index contributed by atoms with van der Waals surface area (Å²) < 4.78 is 5.55. The van der Waals surface area contributed by atoms with E-state index in [1.54, 1.807) is 0 Å². The van der Waals surface area contributed by atoms with Crippen LogP contribution in [0.1, 0.15) is 25.7 Å². The van der Waals surface area contributed by atoms with E-state index in [-0.39, 0.29) is 6.10 Å². The van der Waals surface area contributed by atoms with E-state index in [9.17, 15) is 4.79 Å². The van der Waals surface area contributed by atoms with Gasteiger partial charge in [-0.2, -0.15) is 0 Å². The number of hydrogen-bond acceptors (Lipinski definition) is 4. The van der Waals surface area contributed by atoms with Gasteiger partial charge in [0.2, 0.25) is 0 Å². The maximum absolute atomic E-state index is 10.8. The van der Waals surface area contributed by atoms with Crippen molar-refractivity contribution in [1.29, 1.82) is 0 Å². The Morgan fingerprint density at radius 1 is 1.33 bits per heavy atom. The van der Waals surface area contributed by atoms with Gasteiger partial charge in [0.25, 0.3) is 0 Å². The maximum Gasteiger partial charge on any atom is 0.332 e. The Balaban J connectivity index is 1.74. The second kappa shape index (κ2) is 5.99. The molecule has 2 aliphatic rings. The van der Waals surface area contributed by atoms with E-state index in [1.165, 1.54) is 12.8 Å². The summed E-state index contributed by atoms with van der Waals surface area (Å²) in [5, 5.41) is 8.90. The molecule has 0 aromatic rings. The summed E-state index contributed by atoms with van der Waals surface area (Å²) in [6.45, 7) is 3.16. The average molecular weight is 256 g/mol. The zero-order chi connectivity index (χ0) is 13.1. The van der Waals surface area contributed by atoms with Crippen molar-refractivity contribution >= 4 is 5.97 Å². The van der Waals surface area contributed by atoms with Gasteiger partial charge in [-0.3, -0.25) is 0 Å². The number of carbonyl (C=O) groups is 1. The second-order valence-electron chi connectivity index (χ2n) is 5.64. The van der Waals surface area contributed by atoms with Gasteiger partial charge in [-0.1, -0.05) is 0 Å². The number of likely N-dealkylation sites (tertiary alicyclic amines) is 1. The number of nitrogens with zero attached hydrogens (tertiary/aromatic N) is 2. The van der Waals surface area contributed by atoms with Gasteiger partial charge in [-0.15, -0.1) is 0 Å². The molecule has 2 rings (SSSR count). The summed E-state index contributed by atoms with van der Waals surface area (Å²) in [6.07, 6.45) is 3.43. The fraction of sp³-hybridized carbons (Fsp3) is 0.923. The first-order valence-corrected chi connectivity index (χ1v) is 6.83. The zero-order valence-corrected chi connectivity index (χ0v) is 11.3. The molecule has 0 aromatic carbocycles. The predicted molar refractivity (Wildman–Crippen MR) is 68.7 cm³/mol. The van der Waals surface area contributed by atoms with E-state index in [2.05, 4.69) is 23.9 Å². The quantitative estimate of drug-likeness (QED) is 0.800. The normalized spacial score (nSPS) is 31.1. The Bertz CT molecular complexity index is 290. The summed E-state index contributed by atoms with van der Waals surface area (Å²) >= 11 is 0. The van der Waals surface area contributed by atoms with Crippen LogP contribution in [0.5, 0.6) is 0 Å². The van der Waals surface area contributed by atoms with E-state index in [0.29, 0.717) is 12.5 Å². The lowest BCUT2D eigenvalue weighted by atomic mass is 10.0. The molecule has 2 fully saturated rings. The standard InChI is InChI=1S/C13H24N2O3/c1-14-7-5-10(6-8-14)15(2)9-11-3-4-12(18-11)13(16)17/h10-12H,3-9H2,1-2H3,(H,16,17)/t11-,12+/m0/s1. The van der Waals surface area contributed by atoms with E-state index < -0.39 is 12.1 Å². The first kappa shape index (κ1) is 13.8. The molecule has 0 spiro atoms. The molecule has 0 saturated carbocycles. The van der Waals surface area contributed by atoms with Crippen LogP contribution in [0.4, 0.5) is 0 Å². The molecule has 5 heteroatoms. The molecule has 2 heterocycles. The Labute approximate surface area is 109 Å². The predicted octanol–water partition coefficient (Wildman–Crippen LogP) is 0.645. The smallest absolute Gasteiger partial charge is 0.332 e. The van der Waals surface area contributed by atoms with Gasteiger partial charge in [-0.05, 0) is 52.9 Å². The lowest BCUT2D eigenvalue weighted by molar-refractivity contribution is -0.149. The average Bonchev–Trinajstić information content (AvgIpc) is 2.78. The molecule has 0 aliphatic carbocycles. The van der Waals surface area contributed by atoms with E-state index >= 15 is 0 Å². The van der Waals surface area contributed by atoms with Crippen LogP contribution < -0.4 is 0 Å². The molecular weight excluding hydrogens is 232 g/mol. The number of carboxylic acid groups (broad SMARTS) is 1. The Morgan fingerprint density at radius 3 is 2.56 bits per heavy atom. The largest absolute Gasteiger partial charge is 0.479 e. The molecule has 2 aliphatic heterocycles. The molecule has 0 unspecified atom stereocenters. The maximum atomic E-state index is 10.8. The highest BCUT2D eigenvalue weighted by Gasteiger charge is 2.32. The van der Waals surface area contributed by atoms with Crippen LogP contribution in [-0.2, 0) is 9.53 Å². The van der Waals surface area contributed by atoms with Crippen molar-refractivity contribution in [3.05, 3.63) is 0 Å². The Hall–Kier alpha value is -0.650. The number of likely N-dealkylation sites (N-methyl/N-ethyl adjacent to an activating group) is 1. The number of carboxylic acids is 1. The molecule has 104 valence electrons. The summed E-state index contributed by atoms with van der Waals surface area (Å²) in [6, 6.07) is 0.619. The summed E-state index contributed by atoms with van der Waals surface area (Å²) in [7, 11) is 4.29. The molecular formula is C13H24N2O3. The Kier molecular flexibility index (Phi) is 4.59. The van der Waals surface area contributed by atoms with Crippen molar-refractivity contribution in [3.63, 3.8) is 0 Å². The highest BCUT2D eigenvalue weighted by Crippen LogP contribution is 2.22. The Morgan fingerprint density at radius 2 is 2.00 bits per heavy atom. The summed E-state index contributed by atoms with van der Waals surface area (Å²) in [4.78, 5) is 15.5. The minimum Gasteiger partial charge on any atom is -0.479 e. The third kappa shape index (κ3) is 3.43. The number of aliphatic carboxylic acids is 1. The highest BCUT2D eigenvalue weighted by molar-refractivity contribution is 5.72. The topological polar surface area (TPSA) is 53.0 Å². The van der Waals surface area contributed by atoms with Gasteiger partial charge in [0.1, 0.15) is 0 Å². The molecule has 0 aromatic heterocycles. The van der Waals surface area contributed by atoms with Crippen LogP contribution >= 0.6 is 0 Å². The van der Waals surface area contributed by atoms with E-state index in [1.807, 2.05) is 0 Å². The van der Waals surface area contributed by atoms with Crippen molar-refractivity contribution in [3.8, 4) is 0 Å². The minimum absolute atomic E-state index is 0.0933. The lowest BCUT2D eigenvalue weighted by Crippen LogP contribution is -2.44. The number of piperidine rings is 1. The SMILES string of the molecule is CN1CCC(N(C)C[C@@H]2CC[C@H](C(=O)O)O2)CC1. The third-order valence-electron chi connectivity index (χ3n) is 4.19. The minimum atomic E-state index is -0.820. The van der Waals surface area contributed by atoms with Gasteiger partial charge in [-0.25, -0.2) is 4.79 Å². The van der Waals surface area contributed by atoms with Crippen molar-refractivity contribution in [2.24, 2.45) is 0 Å².